The third-order valence-corrected chi connectivity index (χ3v) is 2.81. The molecule has 0 aromatic carbocycles. The van der Waals surface area contributed by atoms with Gasteiger partial charge in [0.1, 0.15) is 0 Å². The molecule has 0 aliphatic rings. The Morgan fingerprint density at radius 2 is 1.60 bits per heavy atom. The minimum Gasteiger partial charge on any atom is -0.103 e. The molecule has 0 aromatic rings. The van der Waals surface area contributed by atoms with Crippen LogP contribution >= 0.6 is 0 Å². The van der Waals surface area contributed by atoms with Gasteiger partial charge in [0.25, 0.3) is 0 Å². The lowest BCUT2D eigenvalue weighted by atomic mass is 10.0. The van der Waals surface area contributed by atoms with Gasteiger partial charge in [-0.2, -0.15) is 0 Å². The second-order valence-electron chi connectivity index (χ2n) is 4.45. The number of hydrogen-bond donors (Lipinski definition) is 0. The number of unbranched alkanes of at least 4 members (excludes halogenated alkanes) is 6. The van der Waals surface area contributed by atoms with Crippen molar-refractivity contribution in [1.82, 2.24) is 0 Å². The zero-order chi connectivity index (χ0) is 11.4. The van der Waals surface area contributed by atoms with Crippen molar-refractivity contribution < 1.29 is 0 Å². The Morgan fingerprint density at radius 3 is 2.20 bits per heavy atom. The van der Waals surface area contributed by atoms with E-state index in [9.17, 15) is 0 Å². The molecule has 15 heavy (non-hydrogen) atoms. The summed E-state index contributed by atoms with van der Waals surface area (Å²) in [4.78, 5) is 0. The van der Waals surface area contributed by atoms with E-state index >= 15 is 0 Å². The summed E-state index contributed by atoms with van der Waals surface area (Å²) < 4.78 is 0. The molecular weight excluding hydrogens is 180 g/mol. The van der Waals surface area contributed by atoms with E-state index in [-0.39, 0.29) is 0 Å². The molecule has 0 rings (SSSR count). The van der Waals surface area contributed by atoms with Gasteiger partial charge in [-0.15, -0.1) is 6.58 Å². The van der Waals surface area contributed by atoms with Gasteiger partial charge in [0.05, 0.1) is 0 Å². The third-order valence-electron chi connectivity index (χ3n) is 2.81. The molecule has 88 valence electrons. The van der Waals surface area contributed by atoms with Crippen LogP contribution in [0.25, 0.3) is 0 Å². The van der Waals surface area contributed by atoms with Gasteiger partial charge in [0, 0.05) is 0 Å². The monoisotopic (exact) mass is 208 g/mol. The molecule has 0 nitrogen and oxygen atoms in total. The molecule has 0 bridgehead atoms. The van der Waals surface area contributed by atoms with Gasteiger partial charge >= 0.3 is 0 Å². The summed E-state index contributed by atoms with van der Waals surface area (Å²) in [6.45, 7) is 8.23. The first-order chi connectivity index (χ1) is 7.31. The highest BCUT2D eigenvalue weighted by molar-refractivity contribution is 5.00. The minimum atomic E-state index is 1.03. The molecule has 0 N–H and O–H groups in total. The van der Waals surface area contributed by atoms with Gasteiger partial charge in [0.2, 0.25) is 0 Å². The summed E-state index contributed by atoms with van der Waals surface area (Å²) >= 11 is 0. The molecular formula is C15H28. The molecule has 0 atom stereocenters. The van der Waals surface area contributed by atoms with E-state index in [1.807, 2.05) is 6.08 Å². The molecule has 0 radical (unpaired) electrons. The van der Waals surface area contributed by atoms with Crippen LogP contribution in [0.15, 0.2) is 24.3 Å². The number of rotatable bonds is 10. The van der Waals surface area contributed by atoms with E-state index < -0.39 is 0 Å². The maximum Gasteiger partial charge on any atom is -0.0169 e. The lowest BCUT2D eigenvalue weighted by Crippen LogP contribution is -1.82. The molecule has 0 amide bonds. The third kappa shape index (κ3) is 11.4. The highest BCUT2D eigenvalue weighted by atomic mass is 14.0. The summed E-state index contributed by atoms with van der Waals surface area (Å²) in [5.41, 5.74) is 1.53. The Bertz CT molecular complexity index is 165. The van der Waals surface area contributed by atoms with Crippen molar-refractivity contribution >= 4 is 0 Å². The summed E-state index contributed by atoms with van der Waals surface area (Å²) in [5, 5.41) is 0. The second-order valence-corrected chi connectivity index (χ2v) is 4.45. The lowest BCUT2D eigenvalue weighted by Gasteiger charge is -2.02. The van der Waals surface area contributed by atoms with Crippen molar-refractivity contribution in [2.24, 2.45) is 0 Å². The predicted octanol–water partition coefficient (Wildman–Crippen LogP) is 5.65. The van der Waals surface area contributed by atoms with Crippen LogP contribution < -0.4 is 0 Å². The predicted molar refractivity (Wildman–Crippen MR) is 71.2 cm³/mol. The van der Waals surface area contributed by atoms with Crippen LogP contribution in [0.1, 0.15) is 71.6 Å². The Hall–Kier alpha value is -0.520. The quantitative estimate of drug-likeness (QED) is 0.321. The van der Waals surface area contributed by atoms with Crippen molar-refractivity contribution in [2.45, 2.75) is 71.6 Å². The van der Waals surface area contributed by atoms with Crippen LogP contribution in [0.2, 0.25) is 0 Å². The van der Waals surface area contributed by atoms with Crippen LogP contribution in [-0.2, 0) is 0 Å². The molecule has 0 aliphatic carbocycles. The normalized spacial score (nSPS) is 11.7. The van der Waals surface area contributed by atoms with Crippen LogP contribution in [-0.4, -0.2) is 0 Å². The molecule has 0 heteroatoms. The molecule has 0 heterocycles. The zero-order valence-corrected chi connectivity index (χ0v) is 10.7. The van der Waals surface area contributed by atoms with Crippen LogP contribution in [0, 0.1) is 0 Å². The van der Waals surface area contributed by atoms with Gasteiger partial charge in [-0.25, -0.2) is 0 Å². The average Bonchev–Trinajstić information content (AvgIpc) is 2.25. The van der Waals surface area contributed by atoms with Crippen LogP contribution in [0.5, 0.6) is 0 Å². The first-order valence-electron chi connectivity index (χ1n) is 6.57. The lowest BCUT2D eigenvalue weighted by molar-refractivity contribution is 0.588. The Kier molecular flexibility index (Phi) is 11.2. The molecule has 0 spiro atoms. The smallest absolute Gasteiger partial charge is 0.0169 e. The van der Waals surface area contributed by atoms with Crippen molar-refractivity contribution in [3.8, 4) is 0 Å². The minimum absolute atomic E-state index is 1.03. The van der Waals surface area contributed by atoms with Gasteiger partial charge < -0.3 is 0 Å². The Morgan fingerprint density at radius 1 is 1.00 bits per heavy atom. The maximum absolute atomic E-state index is 3.73. The summed E-state index contributed by atoms with van der Waals surface area (Å²) in [6, 6.07) is 0. The van der Waals surface area contributed by atoms with Gasteiger partial charge in [-0.05, 0) is 26.2 Å². The summed E-state index contributed by atoms with van der Waals surface area (Å²) in [6.07, 6.45) is 16.4. The SMILES string of the molecule is C=CCC=C(C)CCCCCCCCC. The largest absolute Gasteiger partial charge is 0.103 e. The fourth-order valence-electron chi connectivity index (χ4n) is 1.75. The number of hydrogen-bond acceptors (Lipinski definition) is 0. The standard InChI is InChI=1S/C15H28/c1-4-6-8-9-10-11-12-14-15(3)13-7-5-2/h5,13H,2,4,6-12,14H2,1,3H3. The topological polar surface area (TPSA) is 0 Å². The summed E-state index contributed by atoms with van der Waals surface area (Å²) in [5.74, 6) is 0. The molecule has 0 aliphatic heterocycles. The van der Waals surface area contributed by atoms with Crippen molar-refractivity contribution in [2.75, 3.05) is 0 Å². The van der Waals surface area contributed by atoms with Gasteiger partial charge in [-0.1, -0.05) is 63.2 Å². The van der Waals surface area contributed by atoms with E-state index in [2.05, 4.69) is 26.5 Å². The second kappa shape index (κ2) is 11.6. The highest BCUT2D eigenvalue weighted by Gasteiger charge is 1.92. The van der Waals surface area contributed by atoms with Crippen molar-refractivity contribution in [3.63, 3.8) is 0 Å². The first-order valence-corrected chi connectivity index (χ1v) is 6.57. The van der Waals surface area contributed by atoms with Gasteiger partial charge in [0.15, 0.2) is 0 Å². The van der Waals surface area contributed by atoms with Crippen LogP contribution in [0.3, 0.4) is 0 Å². The Labute approximate surface area is 96.5 Å². The van der Waals surface area contributed by atoms with E-state index in [0.29, 0.717) is 0 Å². The average molecular weight is 208 g/mol. The highest BCUT2D eigenvalue weighted by Crippen LogP contribution is 2.12. The Balaban J connectivity index is 3.19. The zero-order valence-electron chi connectivity index (χ0n) is 10.7. The van der Waals surface area contributed by atoms with Crippen LogP contribution in [0.4, 0.5) is 0 Å². The van der Waals surface area contributed by atoms with Crippen molar-refractivity contribution in [1.29, 1.82) is 0 Å². The maximum atomic E-state index is 3.73. The molecule has 0 saturated heterocycles. The molecule has 0 unspecified atom stereocenters. The fraction of sp³-hybridized carbons (Fsp3) is 0.733. The molecule has 0 fully saturated rings. The van der Waals surface area contributed by atoms with E-state index in [0.717, 1.165) is 6.42 Å². The van der Waals surface area contributed by atoms with Crippen molar-refractivity contribution in [3.05, 3.63) is 24.3 Å². The number of allylic oxidation sites excluding steroid dienone is 3. The molecule has 0 aromatic heterocycles. The van der Waals surface area contributed by atoms with E-state index in [4.69, 9.17) is 0 Å². The van der Waals surface area contributed by atoms with Gasteiger partial charge in [-0.3, -0.25) is 0 Å². The molecule has 0 saturated carbocycles. The summed E-state index contributed by atoms with van der Waals surface area (Å²) in [7, 11) is 0. The fourth-order valence-corrected chi connectivity index (χ4v) is 1.75. The first kappa shape index (κ1) is 14.5. The van der Waals surface area contributed by atoms with E-state index in [1.54, 1.807) is 0 Å². The van der Waals surface area contributed by atoms with E-state index in [1.165, 1.54) is 56.9 Å².